The number of hydrogen-bond acceptors (Lipinski definition) is 2. The Kier molecular flexibility index (Phi) is 3.50. The van der Waals surface area contributed by atoms with E-state index in [4.69, 9.17) is 17.3 Å². The standard InChI is InChI=1S/C12H19ClN2/c1-5-12(2,3)15(4)11-7-6-9(14)8-10(11)13/h6-8H,5,14H2,1-4H3. The average molecular weight is 227 g/mol. The second kappa shape index (κ2) is 4.31. The van der Waals surface area contributed by atoms with Crippen LogP contribution < -0.4 is 10.6 Å². The number of benzene rings is 1. The molecule has 0 saturated heterocycles. The predicted molar refractivity (Wildman–Crippen MR) is 68.6 cm³/mol. The fraction of sp³-hybridized carbons (Fsp3) is 0.500. The van der Waals surface area contributed by atoms with Crippen molar-refractivity contribution < 1.29 is 0 Å². The molecular weight excluding hydrogens is 208 g/mol. The van der Waals surface area contributed by atoms with Gasteiger partial charge in [-0.1, -0.05) is 18.5 Å². The number of rotatable bonds is 3. The van der Waals surface area contributed by atoms with Crippen LogP contribution in [0.3, 0.4) is 0 Å². The zero-order valence-electron chi connectivity index (χ0n) is 9.84. The first-order valence-electron chi connectivity index (χ1n) is 5.17. The lowest BCUT2D eigenvalue weighted by Crippen LogP contribution is -2.40. The summed E-state index contributed by atoms with van der Waals surface area (Å²) in [6.07, 6.45) is 1.06. The third kappa shape index (κ3) is 2.57. The van der Waals surface area contributed by atoms with Gasteiger partial charge in [-0.25, -0.2) is 0 Å². The Morgan fingerprint density at radius 1 is 1.40 bits per heavy atom. The van der Waals surface area contributed by atoms with E-state index < -0.39 is 0 Å². The summed E-state index contributed by atoms with van der Waals surface area (Å²) in [5, 5.41) is 0.707. The number of anilines is 2. The van der Waals surface area contributed by atoms with Crippen molar-refractivity contribution >= 4 is 23.0 Å². The Morgan fingerprint density at radius 2 is 2.00 bits per heavy atom. The first-order valence-corrected chi connectivity index (χ1v) is 5.55. The molecule has 0 radical (unpaired) electrons. The number of nitrogens with zero attached hydrogens (tertiary/aromatic N) is 1. The number of hydrogen-bond donors (Lipinski definition) is 1. The lowest BCUT2D eigenvalue weighted by Gasteiger charge is -2.37. The van der Waals surface area contributed by atoms with Gasteiger partial charge in [0.1, 0.15) is 0 Å². The molecule has 0 atom stereocenters. The Bertz CT molecular complexity index is 347. The van der Waals surface area contributed by atoms with Gasteiger partial charge in [0.15, 0.2) is 0 Å². The maximum atomic E-state index is 6.17. The van der Waals surface area contributed by atoms with Crippen LogP contribution in [0.25, 0.3) is 0 Å². The summed E-state index contributed by atoms with van der Waals surface area (Å²) in [6.45, 7) is 6.56. The van der Waals surface area contributed by atoms with Gasteiger partial charge in [0.25, 0.3) is 0 Å². The molecule has 15 heavy (non-hydrogen) atoms. The van der Waals surface area contributed by atoms with E-state index in [0.717, 1.165) is 12.1 Å². The Balaban J connectivity index is 3.06. The van der Waals surface area contributed by atoms with E-state index in [1.807, 2.05) is 12.1 Å². The molecule has 0 saturated carbocycles. The molecule has 0 fully saturated rings. The SMILES string of the molecule is CCC(C)(C)N(C)c1ccc(N)cc1Cl. The van der Waals surface area contributed by atoms with E-state index in [9.17, 15) is 0 Å². The molecule has 1 rings (SSSR count). The minimum absolute atomic E-state index is 0.0970. The van der Waals surface area contributed by atoms with Crippen molar-refractivity contribution in [1.82, 2.24) is 0 Å². The molecule has 0 aliphatic heterocycles. The van der Waals surface area contributed by atoms with Gasteiger partial charge in [0, 0.05) is 18.3 Å². The Labute approximate surface area is 97.0 Å². The predicted octanol–water partition coefficient (Wildman–Crippen LogP) is 3.55. The third-order valence-corrected chi connectivity index (χ3v) is 3.41. The molecule has 1 aromatic carbocycles. The molecule has 0 aromatic heterocycles. The van der Waals surface area contributed by atoms with E-state index >= 15 is 0 Å². The highest BCUT2D eigenvalue weighted by atomic mass is 35.5. The van der Waals surface area contributed by atoms with Crippen molar-refractivity contribution in [3.63, 3.8) is 0 Å². The second-order valence-electron chi connectivity index (χ2n) is 4.44. The molecule has 2 N–H and O–H groups in total. The summed E-state index contributed by atoms with van der Waals surface area (Å²) in [5.41, 5.74) is 7.49. The summed E-state index contributed by atoms with van der Waals surface area (Å²) in [5.74, 6) is 0. The monoisotopic (exact) mass is 226 g/mol. The topological polar surface area (TPSA) is 29.3 Å². The van der Waals surface area contributed by atoms with Crippen LogP contribution in [0.1, 0.15) is 27.2 Å². The van der Waals surface area contributed by atoms with E-state index in [-0.39, 0.29) is 5.54 Å². The summed E-state index contributed by atoms with van der Waals surface area (Å²) < 4.78 is 0. The average Bonchev–Trinajstić information content (AvgIpc) is 2.17. The zero-order chi connectivity index (χ0) is 11.6. The van der Waals surface area contributed by atoms with Crippen molar-refractivity contribution in [3.05, 3.63) is 23.2 Å². The summed E-state index contributed by atoms with van der Waals surface area (Å²) >= 11 is 6.17. The quantitative estimate of drug-likeness (QED) is 0.799. The largest absolute Gasteiger partial charge is 0.399 e. The molecule has 0 heterocycles. The molecule has 0 bridgehead atoms. The Hall–Kier alpha value is -0.890. The van der Waals surface area contributed by atoms with Crippen LogP contribution in [-0.2, 0) is 0 Å². The van der Waals surface area contributed by atoms with Crippen LogP contribution in [0, 0.1) is 0 Å². The van der Waals surface area contributed by atoms with E-state index in [2.05, 4.69) is 32.7 Å². The van der Waals surface area contributed by atoms with Crippen LogP contribution in [-0.4, -0.2) is 12.6 Å². The van der Waals surface area contributed by atoms with Gasteiger partial charge in [0.2, 0.25) is 0 Å². The van der Waals surface area contributed by atoms with Gasteiger partial charge in [-0.15, -0.1) is 0 Å². The van der Waals surface area contributed by atoms with Gasteiger partial charge >= 0.3 is 0 Å². The van der Waals surface area contributed by atoms with Crippen LogP contribution in [0.15, 0.2) is 18.2 Å². The van der Waals surface area contributed by atoms with E-state index in [0.29, 0.717) is 10.7 Å². The minimum Gasteiger partial charge on any atom is -0.399 e. The van der Waals surface area contributed by atoms with Crippen LogP contribution in [0.2, 0.25) is 5.02 Å². The van der Waals surface area contributed by atoms with Crippen molar-refractivity contribution in [2.24, 2.45) is 0 Å². The first-order chi connectivity index (χ1) is 6.88. The van der Waals surface area contributed by atoms with E-state index in [1.165, 1.54) is 0 Å². The number of halogens is 1. The molecule has 2 nitrogen and oxygen atoms in total. The summed E-state index contributed by atoms with van der Waals surface area (Å²) in [4.78, 5) is 2.19. The third-order valence-electron chi connectivity index (χ3n) is 3.11. The molecule has 84 valence electrons. The summed E-state index contributed by atoms with van der Waals surface area (Å²) in [7, 11) is 2.06. The first kappa shape index (κ1) is 12.2. The van der Waals surface area contributed by atoms with Crippen molar-refractivity contribution in [3.8, 4) is 0 Å². The second-order valence-corrected chi connectivity index (χ2v) is 4.84. The zero-order valence-corrected chi connectivity index (χ0v) is 10.6. The molecular formula is C12H19ClN2. The smallest absolute Gasteiger partial charge is 0.0660 e. The van der Waals surface area contributed by atoms with Crippen molar-refractivity contribution in [2.45, 2.75) is 32.7 Å². The summed E-state index contributed by atoms with van der Waals surface area (Å²) in [6, 6.07) is 5.64. The molecule has 0 aliphatic carbocycles. The van der Waals surface area contributed by atoms with Crippen LogP contribution in [0.5, 0.6) is 0 Å². The molecule has 0 unspecified atom stereocenters. The van der Waals surface area contributed by atoms with Crippen molar-refractivity contribution in [2.75, 3.05) is 17.7 Å². The molecule has 0 amide bonds. The van der Waals surface area contributed by atoms with Gasteiger partial charge in [-0.05, 0) is 38.5 Å². The molecule has 3 heteroatoms. The fourth-order valence-corrected chi connectivity index (χ4v) is 1.67. The minimum atomic E-state index is 0.0970. The molecule has 0 spiro atoms. The lowest BCUT2D eigenvalue weighted by molar-refractivity contribution is 0.471. The Morgan fingerprint density at radius 3 is 2.47 bits per heavy atom. The maximum absolute atomic E-state index is 6.17. The highest BCUT2D eigenvalue weighted by molar-refractivity contribution is 6.33. The van der Waals surface area contributed by atoms with Crippen LogP contribution >= 0.6 is 11.6 Å². The molecule has 1 aromatic rings. The van der Waals surface area contributed by atoms with E-state index in [1.54, 1.807) is 6.07 Å². The van der Waals surface area contributed by atoms with Gasteiger partial charge in [-0.2, -0.15) is 0 Å². The van der Waals surface area contributed by atoms with Gasteiger partial charge < -0.3 is 10.6 Å². The van der Waals surface area contributed by atoms with Gasteiger partial charge in [0.05, 0.1) is 10.7 Å². The van der Waals surface area contributed by atoms with Crippen LogP contribution in [0.4, 0.5) is 11.4 Å². The highest BCUT2D eigenvalue weighted by Gasteiger charge is 2.22. The van der Waals surface area contributed by atoms with Crippen molar-refractivity contribution in [1.29, 1.82) is 0 Å². The number of nitrogen functional groups attached to an aromatic ring is 1. The lowest BCUT2D eigenvalue weighted by atomic mass is 9.99. The molecule has 0 aliphatic rings. The maximum Gasteiger partial charge on any atom is 0.0660 e. The highest BCUT2D eigenvalue weighted by Crippen LogP contribution is 2.32. The number of nitrogens with two attached hydrogens (primary N) is 1. The fourth-order valence-electron chi connectivity index (χ4n) is 1.36. The van der Waals surface area contributed by atoms with Gasteiger partial charge in [-0.3, -0.25) is 0 Å². The normalized spacial score (nSPS) is 11.5.